The molecule has 1 aromatic heterocycles. The average Bonchev–Trinajstić information content (AvgIpc) is 2.81. The quantitative estimate of drug-likeness (QED) is 0.838. The standard InChI is InChI=1S/C10H10Br2N4O2S/c1-16(5-10-13-6-14-15-10)19(17,18)9-3-2-7(11)4-8(9)12/h2-4,6H,5H2,1H3,(H,13,14,15). The molecule has 2 rings (SSSR count). The summed E-state index contributed by atoms with van der Waals surface area (Å²) in [5, 5.41) is 6.32. The van der Waals surface area contributed by atoms with Crippen LogP contribution in [0.3, 0.4) is 0 Å². The van der Waals surface area contributed by atoms with E-state index >= 15 is 0 Å². The first-order valence-electron chi connectivity index (χ1n) is 5.17. The molecule has 0 atom stereocenters. The third kappa shape index (κ3) is 3.22. The van der Waals surface area contributed by atoms with Crippen LogP contribution in [-0.2, 0) is 16.6 Å². The van der Waals surface area contributed by atoms with Gasteiger partial charge in [-0.2, -0.15) is 9.40 Å². The van der Waals surface area contributed by atoms with E-state index in [1.165, 1.54) is 17.7 Å². The van der Waals surface area contributed by atoms with Gasteiger partial charge in [0, 0.05) is 16.0 Å². The molecule has 0 aliphatic carbocycles. The lowest BCUT2D eigenvalue weighted by atomic mass is 10.4. The van der Waals surface area contributed by atoms with Crippen molar-refractivity contribution in [3.63, 3.8) is 0 Å². The predicted molar refractivity (Wildman–Crippen MR) is 76.9 cm³/mol. The molecule has 0 radical (unpaired) electrons. The number of sulfonamides is 1. The number of aromatic amines is 1. The van der Waals surface area contributed by atoms with E-state index in [9.17, 15) is 8.42 Å². The van der Waals surface area contributed by atoms with E-state index < -0.39 is 10.0 Å². The molecule has 0 aliphatic rings. The minimum atomic E-state index is -3.58. The fraction of sp³-hybridized carbons (Fsp3) is 0.200. The molecule has 19 heavy (non-hydrogen) atoms. The molecule has 0 aliphatic heterocycles. The van der Waals surface area contributed by atoms with Crippen molar-refractivity contribution < 1.29 is 8.42 Å². The van der Waals surface area contributed by atoms with E-state index in [1.54, 1.807) is 18.2 Å². The molecule has 0 bridgehead atoms. The van der Waals surface area contributed by atoms with Gasteiger partial charge in [0.2, 0.25) is 10.0 Å². The predicted octanol–water partition coefficient (Wildman–Crippen LogP) is 2.15. The highest BCUT2D eigenvalue weighted by Gasteiger charge is 2.24. The van der Waals surface area contributed by atoms with Gasteiger partial charge >= 0.3 is 0 Å². The van der Waals surface area contributed by atoms with E-state index in [0.29, 0.717) is 10.3 Å². The van der Waals surface area contributed by atoms with Crippen LogP contribution in [0.4, 0.5) is 0 Å². The van der Waals surface area contributed by atoms with Crippen molar-refractivity contribution in [2.75, 3.05) is 7.05 Å². The summed E-state index contributed by atoms with van der Waals surface area (Å²) in [5.41, 5.74) is 0. The second-order valence-electron chi connectivity index (χ2n) is 3.77. The van der Waals surface area contributed by atoms with Gasteiger partial charge in [-0.3, -0.25) is 5.10 Å². The fourth-order valence-electron chi connectivity index (χ4n) is 1.46. The van der Waals surface area contributed by atoms with E-state index in [0.717, 1.165) is 4.47 Å². The number of benzene rings is 1. The Bertz CT molecular complexity index is 673. The van der Waals surface area contributed by atoms with E-state index in [2.05, 4.69) is 47.0 Å². The number of hydrogen-bond donors (Lipinski definition) is 1. The Morgan fingerprint density at radius 1 is 1.37 bits per heavy atom. The summed E-state index contributed by atoms with van der Waals surface area (Å²) in [4.78, 5) is 4.11. The van der Waals surface area contributed by atoms with Gasteiger partial charge in [0.05, 0.1) is 11.4 Å². The number of H-pyrrole nitrogens is 1. The van der Waals surface area contributed by atoms with Crippen LogP contribution < -0.4 is 0 Å². The molecule has 0 saturated carbocycles. The molecule has 9 heteroatoms. The Morgan fingerprint density at radius 3 is 2.68 bits per heavy atom. The number of nitrogens with zero attached hydrogens (tertiary/aromatic N) is 3. The van der Waals surface area contributed by atoms with Crippen molar-refractivity contribution in [2.24, 2.45) is 0 Å². The molecule has 1 heterocycles. The van der Waals surface area contributed by atoms with Gasteiger partial charge in [0.15, 0.2) is 0 Å². The highest BCUT2D eigenvalue weighted by molar-refractivity contribution is 9.11. The van der Waals surface area contributed by atoms with Crippen molar-refractivity contribution in [3.05, 3.63) is 39.3 Å². The zero-order valence-electron chi connectivity index (χ0n) is 9.84. The van der Waals surface area contributed by atoms with Gasteiger partial charge in [-0.15, -0.1) is 0 Å². The van der Waals surface area contributed by atoms with E-state index in [-0.39, 0.29) is 11.4 Å². The Hall–Kier alpha value is -0.770. The van der Waals surface area contributed by atoms with Crippen molar-refractivity contribution in [3.8, 4) is 0 Å². The largest absolute Gasteiger partial charge is 0.262 e. The second-order valence-corrected chi connectivity index (χ2v) is 7.55. The molecular weight excluding hydrogens is 400 g/mol. The molecule has 6 nitrogen and oxygen atoms in total. The normalized spacial score (nSPS) is 12.0. The maximum atomic E-state index is 12.4. The van der Waals surface area contributed by atoms with Crippen LogP contribution in [0, 0.1) is 0 Å². The Balaban J connectivity index is 2.31. The first-order chi connectivity index (χ1) is 8.91. The first kappa shape index (κ1) is 14.6. The third-order valence-electron chi connectivity index (χ3n) is 2.42. The van der Waals surface area contributed by atoms with Crippen LogP contribution in [0.5, 0.6) is 0 Å². The number of halogens is 2. The minimum absolute atomic E-state index is 0.130. The van der Waals surface area contributed by atoms with Gasteiger partial charge in [-0.05, 0) is 34.1 Å². The lowest BCUT2D eigenvalue weighted by Gasteiger charge is -2.16. The number of nitrogens with one attached hydrogen (secondary N) is 1. The lowest BCUT2D eigenvalue weighted by molar-refractivity contribution is 0.457. The maximum Gasteiger partial charge on any atom is 0.244 e. The smallest absolute Gasteiger partial charge is 0.244 e. The molecule has 0 unspecified atom stereocenters. The van der Waals surface area contributed by atoms with Crippen LogP contribution in [0.2, 0.25) is 0 Å². The van der Waals surface area contributed by atoms with Crippen LogP contribution in [0.25, 0.3) is 0 Å². The number of rotatable bonds is 4. The van der Waals surface area contributed by atoms with Crippen molar-refractivity contribution in [1.29, 1.82) is 0 Å². The van der Waals surface area contributed by atoms with Gasteiger partial charge in [0.1, 0.15) is 12.2 Å². The van der Waals surface area contributed by atoms with Crippen molar-refractivity contribution in [2.45, 2.75) is 11.4 Å². The second kappa shape index (κ2) is 5.70. The van der Waals surface area contributed by atoms with Crippen LogP contribution in [0.1, 0.15) is 5.82 Å². The molecule has 0 fully saturated rings. The molecule has 2 aromatic rings. The molecule has 0 spiro atoms. The summed E-state index contributed by atoms with van der Waals surface area (Å²) in [6.45, 7) is 0.130. The van der Waals surface area contributed by atoms with Gasteiger partial charge < -0.3 is 0 Å². The molecular formula is C10H10Br2N4O2S. The lowest BCUT2D eigenvalue weighted by Crippen LogP contribution is -2.27. The molecule has 0 amide bonds. The SMILES string of the molecule is CN(Cc1ncn[nH]1)S(=O)(=O)c1ccc(Br)cc1Br. The van der Waals surface area contributed by atoms with E-state index in [4.69, 9.17) is 0 Å². The van der Waals surface area contributed by atoms with Crippen LogP contribution in [-0.4, -0.2) is 35.0 Å². The van der Waals surface area contributed by atoms with Crippen molar-refractivity contribution in [1.82, 2.24) is 19.5 Å². The summed E-state index contributed by atoms with van der Waals surface area (Å²) < 4.78 is 27.3. The third-order valence-corrected chi connectivity index (χ3v) is 5.69. The Kier molecular flexibility index (Phi) is 4.39. The zero-order chi connectivity index (χ0) is 14.0. The Morgan fingerprint density at radius 2 is 2.11 bits per heavy atom. The molecule has 1 N–H and O–H groups in total. The summed E-state index contributed by atoms with van der Waals surface area (Å²) in [5.74, 6) is 0.485. The minimum Gasteiger partial charge on any atom is -0.262 e. The number of hydrogen-bond acceptors (Lipinski definition) is 4. The first-order valence-corrected chi connectivity index (χ1v) is 8.19. The highest BCUT2D eigenvalue weighted by Crippen LogP contribution is 2.27. The molecule has 1 aromatic carbocycles. The average molecular weight is 410 g/mol. The highest BCUT2D eigenvalue weighted by atomic mass is 79.9. The monoisotopic (exact) mass is 408 g/mol. The summed E-state index contributed by atoms with van der Waals surface area (Å²) >= 11 is 6.54. The fourth-order valence-corrected chi connectivity index (χ4v) is 4.29. The Labute approximate surface area is 127 Å². The summed E-state index contributed by atoms with van der Waals surface area (Å²) in [6.07, 6.45) is 1.34. The van der Waals surface area contributed by atoms with E-state index in [1.807, 2.05) is 0 Å². The topological polar surface area (TPSA) is 79.0 Å². The summed E-state index contributed by atoms with van der Waals surface area (Å²) in [7, 11) is -2.09. The van der Waals surface area contributed by atoms with Gasteiger partial charge in [0.25, 0.3) is 0 Å². The molecule has 0 saturated heterocycles. The van der Waals surface area contributed by atoms with Gasteiger partial charge in [-0.1, -0.05) is 15.9 Å². The number of aromatic nitrogens is 3. The summed E-state index contributed by atoms with van der Waals surface area (Å²) in [6, 6.07) is 4.91. The van der Waals surface area contributed by atoms with Gasteiger partial charge in [-0.25, -0.2) is 13.4 Å². The zero-order valence-corrected chi connectivity index (χ0v) is 13.8. The maximum absolute atomic E-state index is 12.4. The van der Waals surface area contributed by atoms with Crippen LogP contribution >= 0.6 is 31.9 Å². The van der Waals surface area contributed by atoms with Crippen LogP contribution in [0.15, 0.2) is 38.4 Å². The molecule has 102 valence electrons. The van der Waals surface area contributed by atoms with Crippen molar-refractivity contribution >= 4 is 41.9 Å².